The number of para-hydroxylation sites is 1. The summed E-state index contributed by atoms with van der Waals surface area (Å²) in [7, 11) is 0. The smallest absolute Gasteiger partial charge is 0.409 e. The van der Waals surface area contributed by atoms with Gasteiger partial charge in [0.1, 0.15) is 0 Å². The van der Waals surface area contributed by atoms with Crippen LogP contribution in [0.5, 0.6) is 0 Å². The number of hydrogen-bond donors (Lipinski definition) is 0. The molecule has 1 saturated heterocycles. The number of ether oxygens (including phenoxy) is 1. The van der Waals surface area contributed by atoms with Gasteiger partial charge in [-0.1, -0.05) is 18.2 Å². The molecule has 2 heterocycles. The van der Waals surface area contributed by atoms with Crippen molar-refractivity contribution in [1.82, 2.24) is 9.80 Å². The maximum atomic E-state index is 13.1. The van der Waals surface area contributed by atoms with E-state index in [9.17, 15) is 14.4 Å². The summed E-state index contributed by atoms with van der Waals surface area (Å²) in [4.78, 5) is 43.0. The van der Waals surface area contributed by atoms with E-state index in [0.29, 0.717) is 39.2 Å². The summed E-state index contributed by atoms with van der Waals surface area (Å²) in [5.74, 6) is -0.325. The van der Waals surface area contributed by atoms with Crippen LogP contribution >= 0.6 is 0 Å². The molecule has 4 rings (SSSR count). The predicted octanol–water partition coefficient (Wildman–Crippen LogP) is 1.90. The number of hydrogen-bond acceptors (Lipinski definition) is 4. The topological polar surface area (TPSA) is 70.2 Å². The fourth-order valence-corrected chi connectivity index (χ4v) is 4.38. The van der Waals surface area contributed by atoms with Crippen LogP contribution in [0.15, 0.2) is 24.3 Å². The first-order chi connectivity index (χ1) is 13.5. The molecule has 28 heavy (non-hydrogen) atoms. The molecule has 1 aromatic rings. The van der Waals surface area contributed by atoms with Crippen LogP contribution in [0.1, 0.15) is 25.8 Å². The first-order valence-corrected chi connectivity index (χ1v) is 10.1. The average Bonchev–Trinajstić information content (AvgIpc) is 3.43. The molecule has 3 unspecified atom stereocenters. The minimum absolute atomic E-state index is 0.0435. The average molecular weight is 385 g/mol. The number of piperazine rings is 1. The number of nitrogens with zero attached hydrogens (tertiary/aromatic N) is 3. The van der Waals surface area contributed by atoms with E-state index in [4.69, 9.17) is 4.74 Å². The molecule has 150 valence electrons. The van der Waals surface area contributed by atoms with Gasteiger partial charge in [0.25, 0.3) is 0 Å². The molecule has 7 nitrogen and oxygen atoms in total. The maximum Gasteiger partial charge on any atom is 0.409 e. The SMILES string of the molecule is CCOC(=O)N1CCN(C(=O)C2CC2C(=O)N2c3ccccc3CC2C)CC1. The van der Waals surface area contributed by atoms with E-state index < -0.39 is 0 Å². The molecule has 0 N–H and O–H groups in total. The molecule has 0 spiro atoms. The van der Waals surface area contributed by atoms with Gasteiger partial charge in [-0.15, -0.1) is 0 Å². The molecular formula is C21H27N3O4. The van der Waals surface area contributed by atoms with Crippen LogP contribution in [0.3, 0.4) is 0 Å². The van der Waals surface area contributed by atoms with E-state index in [0.717, 1.165) is 12.1 Å². The third-order valence-electron chi connectivity index (χ3n) is 5.99. The lowest BCUT2D eigenvalue weighted by Gasteiger charge is -2.34. The predicted molar refractivity (Wildman–Crippen MR) is 104 cm³/mol. The third kappa shape index (κ3) is 3.34. The second-order valence-electron chi connectivity index (χ2n) is 7.85. The maximum absolute atomic E-state index is 13.1. The molecule has 2 aliphatic heterocycles. The lowest BCUT2D eigenvalue weighted by molar-refractivity contribution is -0.135. The van der Waals surface area contributed by atoms with Crippen LogP contribution in [-0.2, 0) is 20.7 Å². The molecule has 0 aromatic heterocycles. The van der Waals surface area contributed by atoms with E-state index in [-0.39, 0.29) is 35.8 Å². The summed E-state index contributed by atoms with van der Waals surface area (Å²) in [6.07, 6.45) is 1.17. The van der Waals surface area contributed by atoms with Gasteiger partial charge in [0.15, 0.2) is 0 Å². The van der Waals surface area contributed by atoms with Crippen molar-refractivity contribution in [2.45, 2.75) is 32.7 Å². The summed E-state index contributed by atoms with van der Waals surface area (Å²) >= 11 is 0. The Kier molecular flexibility index (Phi) is 5.00. The first kappa shape index (κ1) is 18.8. The van der Waals surface area contributed by atoms with Crippen molar-refractivity contribution in [2.75, 3.05) is 37.7 Å². The van der Waals surface area contributed by atoms with Gasteiger partial charge in [-0.05, 0) is 38.3 Å². The van der Waals surface area contributed by atoms with Gasteiger partial charge in [-0.3, -0.25) is 9.59 Å². The molecule has 3 amide bonds. The fraction of sp³-hybridized carbons (Fsp3) is 0.571. The normalized spacial score (nSPS) is 26.1. The second kappa shape index (κ2) is 7.45. The number of rotatable bonds is 3. The van der Waals surface area contributed by atoms with Crippen LogP contribution in [0.4, 0.5) is 10.5 Å². The Morgan fingerprint density at radius 3 is 2.36 bits per heavy atom. The summed E-state index contributed by atoms with van der Waals surface area (Å²) in [6, 6.07) is 8.14. The summed E-state index contributed by atoms with van der Waals surface area (Å²) < 4.78 is 5.01. The summed E-state index contributed by atoms with van der Waals surface area (Å²) in [5.41, 5.74) is 2.18. The largest absolute Gasteiger partial charge is 0.450 e. The molecule has 0 bridgehead atoms. The Balaban J connectivity index is 1.34. The Morgan fingerprint density at radius 2 is 1.64 bits per heavy atom. The second-order valence-corrected chi connectivity index (χ2v) is 7.85. The zero-order valence-electron chi connectivity index (χ0n) is 16.5. The standard InChI is InChI=1S/C21H27N3O4/c1-3-28-21(27)23-10-8-22(9-11-23)19(25)16-13-17(16)20(26)24-14(2)12-15-6-4-5-7-18(15)24/h4-7,14,16-17H,3,8-13H2,1-2H3. The molecule has 1 saturated carbocycles. The van der Waals surface area contributed by atoms with Crippen LogP contribution in [0, 0.1) is 11.8 Å². The molecule has 1 aromatic carbocycles. The van der Waals surface area contributed by atoms with Crippen molar-refractivity contribution in [1.29, 1.82) is 0 Å². The quantitative estimate of drug-likeness (QED) is 0.797. The van der Waals surface area contributed by atoms with Crippen molar-refractivity contribution in [3.63, 3.8) is 0 Å². The van der Waals surface area contributed by atoms with Crippen molar-refractivity contribution >= 4 is 23.6 Å². The summed E-state index contributed by atoms with van der Waals surface area (Å²) in [6.45, 7) is 6.14. The highest BCUT2D eigenvalue weighted by molar-refractivity contribution is 6.02. The van der Waals surface area contributed by atoms with Gasteiger partial charge in [0.2, 0.25) is 11.8 Å². The van der Waals surface area contributed by atoms with Gasteiger partial charge in [-0.25, -0.2) is 4.79 Å². The number of anilines is 1. The fourth-order valence-electron chi connectivity index (χ4n) is 4.38. The number of amides is 3. The lowest BCUT2D eigenvalue weighted by atomic mass is 10.1. The van der Waals surface area contributed by atoms with Gasteiger partial charge < -0.3 is 19.4 Å². The van der Waals surface area contributed by atoms with Gasteiger partial charge >= 0.3 is 6.09 Å². The van der Waals surface area contributed by atoms with E-state index >= 15 is 0 Å². The Morgan fingerprint density at radius 1 is 1.00 bits per heavy atom. The highest BCUT2D eigenvalue weighted by atomic mass is 16.6. The monoisotopic (exact) mass is 385 g/mol. The molecule has 3 aliphatic rings. The molecule has 7 heteroatoms. The molecule has 0 radical (unpaired) electrons. The van der Waals surface area contributed by atoms with Crippen LogP contribution in [-0.4, -0.2) is 66.5 Å². The number of carbonyl (C=O) groups excluding carboxylic acids is 3. The molecule has 3 atom stereocenters. The Labute approximate surface area is 165 Å². The molecule has 1 aliphatic carbocycles. The Bertz CT molecular complexity index is 788. The van der Waals surface area contributed by atoms with E-state index in [1.165, 1.54) is 5.56 Å². The molecule has 2 fully saturated rings. The number of benzene rings is 1. The minimum atomic E-state index is -0.323. The van der Waals surface area contributed by atoms with Gasteiger partial charge in [0.05, 0.1) is 18.4 Å². The van der Waals surface area contributed by atoms with E-state index in [2.05, 4.69) is 13.0 Å². The third-order valence-corrected chi connectivity index (χ3v) is 5.99. The Hall–Kier alpha value is -2.57. The van der Waals surface area contributed by atoms with Crippen molar-refractivity contribution < 1.29 is 19.1 Å². The highest BCUT2D eigenvalue weighted by Gasteiger charge is 2.52. The van der Waals surface area contributed by atoms with Crippen molar-refractivity contribution in [2.24, 2.45) is 11.8 Å². The van der Waals surface area contributed by atoms with Gasteiger partial charge in [-0.2, -0.15) is 0 Å². The molecular weight excluding hydrogens is 358 g/mol. The minimum Gasteiger partial charge on any atom is -0.450 e. The van der Waals surface area contributed by atoms with E-state index in [1.54, 1.807) is 16.7 Å². The number of carbonyl (C=O) groups is 3. The lowest BCUT2D eigenvalue weighted by Crippen LogP contribution is -2.51. The van der Waals surface area contributed by atoms with Crippen LogP contribution < -0.4 is 4.90 Å². The van der Waals surface area contributed by atoms with E-state index in [1.807, 2.05) is 23.1 Å². The van der Waals surface area contributed by atoms with Gasteiger partial charge in [0, 0.05) is 37.9 Å². The highest BCUT2D eigenvalue weighted by Crippen LogP contribution is 2.44. The zero-order valence-corrected chi connectivity index (χ0v) is 16.5. The van der Waals surface area contributed by atoms with Crippen molar-refractivity contribution in [3.8, 4) is 0 Å². The zero-order chi connectivity index (χ0) is 19.8. The number of fused-ring (bicyclic) bond motifs is 1. The summed E-state index contributed by atoms with van der Waals surface area (Å²) in [5, 5.41) is 0. The first-order valence-electron chi connectivity index (χ1n) is 10.1. The van der Waals surface area contributed by atoms with Crippen LogP contribution in [0.25, 0.3) is 0 Å². The van der Waals surface area contributed by atoms with Crippen LogP contribution in [0.2, 0.25) is 0 Å². The van der Waals surface area contributed by atoms with Crippen molar-refractivity contribution in [3.05, 3.63) is 29.8 Å².